The molecule has 1 rings (SSSR count). The van der Waals surface area contributed by atoms with Gasteiger partial charge in [-0.15, -0.1) is 0 Å². The molecule has 0 aliphatic heterocycles. The first kappa shape index (κ1) is 24.3. The van der Waals surface area contributed by atoms with Crippen LogP contribution in [-0.2, 0) is 9.53 Å². The topological polar surface area (TPSA) is 76.4 Å². The van der Waals surface area contributed by atoms with E-state index in [9.17, 15) is 4.79 Å². The Morgan fingerprint density at radius 1 is 1.40 bits per heavy atom. The second kappa shape index (κ2) is 15.6. The Labute approximate surface area is 162 Å². The third-order valence-electron chi connectivity index (χ3n) is 4.31. The molecule has 0 heterocycles. The average molecular weight is 418 g/mol. The number of halogens is 1. The van der Waals surface area contributed by atoms with Crippen LogP contribution in [0.15, 0.2) is 22.7 Å². The molecule has 0 bridgehead atoms. The SMILES string of the molecule is C=C(Br)/C=C(\CN)C(=O)OC.CCC(CCNC)NC1CCCCC1. The molecule has 0 saturated heterocycles. The fourth-order valence-electron chi connectivity index (χ4n) is 2.85. The first-order valence-electron chi connectivity index (χ1n) is 9.22. The van der Waals surface area contributed by atoms with Crippen LogP contribution in [0.25, 0.3) is 0 Å². The Morgan fingerprint density at radius 2 is 2.04 bits per heavy atom. The molecule has 0 amide bonds. The van der Waals surface area contributed by atoms with E-state index in [2.05, 4.69) is 44.8 Å². The molecule has 0 radical (unpaired) electrons. The number of nitrogens with two attached hydrogens (primary N) is 1. The van der Waals surface area contributed by atoms with Gasteiger partial charge in [-0.25, -0.2) is 4.79 Å². The second-order valence-corrected chi connectivity index (χ2v) is 7.33. The third kappa shape index (κ3) is 12.3. The molecule has 146 valence electrons. The van der Waals surface area contributed by atoms with Gasteiger partial charge in [0.15, 0.2) is 0 Å². The molecule has 0 aromatic carbocycles. The van der Waals surface area contributed by atoms with Crippen LogP contribution in [0.3, 0.4) is 0 Å². The summed E-state index contributed by atoms with van der Waals surface area (Å²) in [6.07, 6.45) is 11.2. The highest BCUT2D eigenvalue weighted by Crippen LogP contribution is 2.18. The second-order valence-electron chi connectivity index (χ2n) is 6.31. The van der Waals surface area contributed by atoms with Crippen molar-refractivity contribution in [2.75, 3.05) is 27.2 Å². The zero-order valence-corrected chi connectivity index (χ0v) is 17.7. The molecule has 5 nitrogen and oxygen atoms in total. The van der Waals surface area contributed by atoms with Gasteiger partial charge < -0.3 is 21.1 Å². The zero-order chi connectivity index (χ0) is 19.1. The number of hydrogen-bond donors (Lipinski definition) is 3. The van der Waals surface area contributed by atoms with Gasteiger partial charge in [0.2, 0.25) is 0 Å². The molecule has 6 heteroatoms. The lowest BCUT2D eigenvalue weighted by molar-refractivity contribution is -0.136. The fourth-order valence-corrected chi connectivity index (χ4v) is 3.12. The predicted molar refractivity (Wildman–Crippen MR) is 110 cm³/mol. The highest BCUT2D eigenvalue weighted by atomic mass is 79.9. The van der Waals surface area contributed by atoms with Crippen LogP contribution in [0.1, 0.15) is 51.9 Å². The molecule has 4 N–H and O–H groups in total. The van der Waals surface area contributed by atoms with E-state index in [4.69, 9.17) is 5.73 Å². The van der Waals surface area contributed by atoms with E-state index in [1.165, 1.54) is 58.1 Å². The highest BCUT2D eigenvalue weighted by Gasteiger charge is 2.16. The summed E-state index contributed by atoms with van der Waals surface area (Å²) >= 11 is 3.08. The van der Waals surface area contributed by atoms with E-state index in [0.29, 0.717) is 10.1 Å². The number of hydrogen-bond acceptors (Lipinski definition) is 5. The molecule has 0 aromatic rings. The molecule has 25 heavy (non-hydrogen) atoms. The molecular weight excluding hydrogens is 382 g/mol. The first-order valence-corrected chi connectivity index (χ1v) is 10.0. The summed E-state index contributed by atoms with van der Waals surface area (Å²) in [5.74, 6) is -0.423. The van der Waals surface area contributed by atoms with Crippen molar-refractivity contribution >= 4 is 21.9 Å². The summed E-state index contributed by atoms with van der Waals surface area (Å²) in [5, 5.41) is 7.03. The van der Waals surface area contributed by atoms with Crippen LogP contribution in [0.5, 0.6) is 0 Å². The van der Waals surface area contributed by atoms with Gasteiger partial charge in [-0.3, -0.25) is 0 Å². The van der Waals surface area contributed by atoms with Gasteiger partial charge in [-0.05, 0) is 45.4 Å². The molecule has 1 aliphatic rings. The highest BCUT2D eigenvalue weighted by molar-refractivity contribution is 9.11. The Bertz CT molecular complexity index is 407. The van der Waals surface area contributed by atoms with Crippen LogP contribution < -0.4 is 16.4 Å². The number of carbonyl (C=O) groups excluding carboxylic acids is 1. The molecule has 1 fully saturated rings. The molecule has 1 unspecified atom stereocenters. The van der Waals surface area contributed by atoms with Crippen molar-refractivity contribution in [3.63, 3.8) is 0 Å². The minimum atomic E-state index is -0.423. The van der Waals surface area contributed by atoms with Crippen LogP contribution in [0, 0.1) is 0 Å². The lowest BCUT2D eigenvalue weighted by Crippen LogP contribution is -2.40. The van der Waals surface area contributed by atoms with Crippen molar-refractivity contribution in [2.24, 2.45) is 5.73 Å². The number of nitrogens with one attached hydrogen (secondary N) is 2. The van der Waals surface area contributed by atoms with Gasteiger partial charge >= 0.3 is 5.97 Å². The number of ether oxygens (including phenoxy) is 1. The number of rotatable bonds is 9. The van der Waals surface area contributed by atoms with E-state index in [-0.39, 0.29) is 6.54 Å². The van der Waals surface area contributed by atoms with E-state index in [0.717, 1.165) is 18.6 Å². The summed E-state index contributed by atoms with van der Waals surface area (Å²) in [6.45, 7) is 7.11. The summed E-state index contributed by atoms with van der Waals surface area (Å²) in [6, 6.07) is 1.54. The number of esters is 1. The maximum atomic E-state index is 10.8. The summed E-state index contributed by atoms with van der Waals surface area (Å²) in [7, 11) is 3.34. The maximum Gasteiger partial charge on any atom is 0.335 e. The van der Waals surface area contributed by atoms with Gasteiger partial charge in [0.05, 0.1) is 12.7 Å². The molecule has 0 spiro atoms. The Hall–Kier alpha value is -0.690. The lowest BCUT2D eigenvalue weighted by atomic mass is 9.94. The van der Waals surface area contributed by atoms with Gasteiger partial charge in [0.1, 0.15) is 0 Å². The Kier molecular flexibility index (Phi) is 15.1. The normalized spacial score (nSPS) is 16.6. The van der Waals surface area contributed by atoms with Gasteiger partial charge in [-0.2, -0.15) is 0 Å². The standard InChI is InChI=1S/C12H26N2.C7H10BrNO2/c1-3-11(9-10-13-2)14-12-7-5-4-6-8-12;1-5(8)3-6(4-9)7(10)11-2/h11-14H,3-10H2,1-2H3;3H,1,4,9H2,2H3/b;6-3+. The average Bonchev–Trinajstić information content (AvgIpc) is 2.63. The van der Waals surface area contributed by atoms with Crippen molar-refractivity contribution in [3.05, 3.63) is 22.7 Å². The van der Waals surface area contributed by atoms with Crippen molar-refractivity contribution in [2.45, 2.75) is 64.0 Å². The third-order valence-corrected chi connectivity index (χ3v) is 4.54. The monoisotopic (exact) mass is 417 g/mol. The van der Waals surface area contributed by atoms with Crippen LogP contribution in [0.4, 0.5) is 0 Å². The van der Waals surface area contributed by atoms with Crippen molar-refractivity contribution in [3.8, 4) is 0 Å². The van der Waals surface area contributed by atoms with E-state index >= 15 is 0 Å². The van der Waals surface area contributed by atoms with Crippen molar-refractivity contribution in [1.29, 1.82) is 0 Å². The molecule has 1 aliphatic carbocycles. The minimum Gasteiger partial charge on any atom is -0.466 e. The first-order chi connectivity index (χ1) is 12.0. The predicted octanol–water partition coefficient (Wildman–Crippen LogP) is 3.25. The molecule has 0 aromatic heterocycles. The van der Waals surface area contributed by atoms with Crippen molar-refractivity contribution in [1.82, 2.24) is 10.6 Å². The fraction of sp³-hybridized carbons (Fsp3) is 0.737. The maximum absolute atomic E-state index is 10.8. The smallest absolute Gasteiger partial charge is 0.335 e. The van der Waals surface area contributed by atoms with Gasteiger partial charge in [-0.1, -0.05) is 48.7 Å². The van der Waals surface area contributed by atoms with Crippen LogP contribution in [0.2, 0.25) is 0 Å². The summed E-state index contributed by atoms with van der Waals surface area (Å²) in [5.41, 5.74) is 5.66. The minimum absolute atomic E-state index is 0.150. The lowest BCUT2D eigenvalue weighted by Gasteiger charge is -2.28. The summed E-state index contributed by atoms with van der Waals surface area (Å²) in [4.78, 5) is 10.8. The molecular formula is C19H36BrN3O2. The number of carbonyl (C=O) groups is 1. The van der Waals surface area contributed by atoms with Gasteiger partial charge in [0, 0.05) is 23.1 Å². The Balaban J connectivity index is 0.000000477. The Morgan fingerprint density at radius 3 is 2.48 bits per heavy atom. The molecule has 1 atom stereocenters. The van der Waals surface area contributed by atoms with Crippen LogP contribution >= 0.6 is 15.9 Å². The van der Waals surface area contributed by atoms with Crippen molar-refractivity contribution < 1.29 is 9.53 Å². The van der Waals surface area contributed by atoms with Crippen LogP contribution in [-0.4, -0.2) is 45.3 Å². The number of methoxy groups -OCH3 is 1. The quantitative estimate of drug-likeness (QED) is 0.305. The largest absolute Gasteiger partial charge is 0.466 e. The van der Waals surface area contributed by atoms with E-state index < -0.39 is 5.97 Å². The van der Waals surface area contributed by atoms with Gasteiger partial charge in [0.25, 0.3) is 0 Å². The molecule has 1 saturated carbocycles. The summed E-state index contributed by atoms with van der Waals surface area (Å²) < 4.78 is 5.06. The van der Waals surface area contributed by atoms with E-state index in [1.54, 1.807) is 0 Å². The van der Waals surface area contributed by atoms with E-state index in [1.807, 2.05) is 7.05 Å². The zero-order valence-electron chi connectivity index (χ0n) is 16.1. The number of allylic oxidation sites excluding steroid dienone is 2.